The Morgan fingerprint density at radius 3 is 1.38 bits per heavy atom. The number of carbonyl (C=O) groups is 2. The van der Waals surface area contributed by atoms with Crippen molar-refractivity contribution in [3.8, 4) is 22.3 Å². The Kier molecular flexibility index (Phi) is 10.8. The minimum absolute atomic E-state index is 0.0495. The molecule has 260 valence electrons. The maximum Gasteiger partial charge on any atom is 0.246 e. The number of pyridine rings is 2. The first-order chi connectivity index (χ1) is 25.3. The Hall–Kier alpha value is -4.86. The van der Waals surface area contributed by atoms with E-state index in [-0.39, 0.29) is 23.7 Å². The van der Waals surface area contributed by atoms with Crippen molar-refractivity contribution in [3.63, 3.8) is 0 Å². The van der Waals surface area contributed by atoms with E-state index in [0.29, 0.717) is 26.2 Å². The zero-order valence-electron chi connectivity index (χ0n) is 28.1. The molecular formula is C42H34Cl2N4O2S2. The highest BCUT2D eigenvalue weighted by Crippen LogP contribution is 2.44. The molecule has 0 bridgehead atoms. The summed E-state index contributed by atoms with van der Waals surface area (Å²) in [7, 11) is 0. The van der Waals surface area contributed by atoms with Gasteiger partial charge in [-0.05, 0) is 93.1 Å². The van der Waals surface area contributed by atoms with E-state index >= 15 is 0 Å². The van der Waals surface area contributed by atoms with Crippen molar-refractivity contribution < 1.29 is 9.59 Å². The second-order valence-corrected chi connectivity index (χ2v) is 16.0. The average molecular weight is 762 g/mol. The third kappa shape index (κ3) is 7.38. The average Bonchev–Trinajstić information content (AvgIpc) is 3.78. The number of benzene rings is 2. The van der Waals surface area contributed by atoms with Crippen LogP contribution in [-0.4, -0.2) is 44.7 Å². The second kappa shape index (κ2) is 15.8. The van der Waals surface area contributed by atoms with Crippen molar-refractivity contribution in [2.24, 2.45) is 0 Å². The summed E-state index contributed by atoms with van der Waals surface area (Å²) in [5.74, 6) is 0.0599. The van der Waals surface area contributed by atoms with Gasteiger partial charge in [-0.3, -0.25) is 19.6 Å². The van der Waals surface area contributed by atoms with Crippen LogP contribution in [0.1, 0.15) is 43.8 Å². The topological polar surface area (TPSA) is 66.4 Å². The number of halogens is 2. The molecule has 2 amide bonds. The summed E-state index contributed by atoms with van der Waals surface area (Å²) in [6.07, 6.45) is 9.96. The quantitative estimate of drug-likeness (QED) is 0.159. The molecule has 0 saturated carbocycles. The zero-order chi connectivity index (χ0) is 36.2. The summed E-state index contributed by atoms with van der Waals surface area (Å²) in [5, 5.41) is 0. The second-order valence-electron chi connectivity index (χ2n) is 12.5. The predicted octanol–water partition coefficient (Wildman–Crippen LogP) is 10.2. The zero-order valence-corrected chi connectivity index (χ0v) is 31.3. The molecule has 0 aliphatic carbocycles. The Bertz CT molecular complexity index is 2090. The predicted molar refractivity (Wildman–Crippen MR) is 213 cm³/mol. The number of thiophene rings is 2. The molecular weight excluding hydrogens is 728 g/mol. The van der Waals surface area contributed by atoms with Crippen LogP contribution in [0.4, 0.5) is 0 Å². The van der Waals surface area contributed by atoms with E-state index in [4.69, 9.17) is 23.2 Å². The molecule has 6 heterocycles. The monoisotopic (exact) mass is 760 g/mol. The van der Waals surface area contributed by atoms with Crippen molar-refractivity contribution in [1.29, 1.82) is 0 Å². The number of fused-ring (bicyclic) bond motifs is 2. The lowest BCUT2D eigenvalue weighted by atomic mass is 9.84. The molecule has 4 aromatic heterocycles. The van der Waals surface area contributed by atoms with Gasteiger partial charge in [-0.15, -0.1) is 22.7 Å². The van der Waals surface area contributed by atoms with E-state index in [0.717, 1.165) is 40.7 Å². The molecule has 6 aromatic rings. The molecule has 2 aromatic carbocycles. The minimum Gasteiger partial charge on any atom is -0.333 e. The highest BCUT2D eigenvalue weighted by Gasteiger charge is 2.33. The lowest BCUT2D eigenvalue weighted by Gasteiger charge is -2.33. The Morgan fingerprint density at radius 2 is 1.00 bits per heavy atom. The van der Waals surface area contributed by atoms with Gasteiger partial charge in [0.25, 0.3) is 0 Å². The van der Waals surface area contributed by atoms with Gasteiger partial charge < -0.3 is 9.80 Å². The normalized spacial score (nSPS) is 16.2. The van der Waals surface area contributed by atoms with Crippen LogP contribution in [0.25, 0.3) is 22.3 Å². The number of rotatable bonds is 6. The van der Waals surface area contributed by atoms with E-state index < -0.39 is 0 Å². The summed E-state index contributed by atoms with van der Waals surface area (Å²) in [6.45, 7) is 9.69. The van der Waals surface area contributed by atoms with Gasteiger partial charge in [0.15, 0.2) is 0 Å². The summed E-state index contributed by atoms with van der Waals surface area (Å²) < 4.78 is 1.52. The fourth-order valence-electron chi connectivity index (χ4n) is 7.08. The summed E-state index contributed by atoms with van der Waals surface area (Å²) in [5.41, 5.74) is 9.36. The minimum atomic E-state index is -0.0495. The van der Waals surface area contributed by atoms with E-state index in [1.165, 1.54) is 34.4 Å². The molecule has 10 heteroatoms. The van der Waals surface area contributed by atoms with Crippen LogP contribution in [0.15, 0.2) is 135 Å². The third-order valence-electron chi connectivity index (χ3n) is 9.48. The number of hydrogen-bond donors (Lipinski definition) is 0. The molecule has 0 N–H and O–H groups in total. The molecule has 52 heavy (non-hydrogen) atoms. The number of nitrogens with zero attached hydrogens (tertiary/aromatic N) is 4. The standard InChI is InChI=1S/2C21H17ClN2OS/c2*1-2-21(25)24-12-18(17-11-20(22)26-19(17)13-24)16-6-4-3-5-15(16)14-7-9-23-10-8-14/h2*2-11,18H,1,12-13H2/t2*18-/m10/s1. The highest BCUT2D eigenvalue weighted by atomic mass is 35.5. The Labute approximate surface area is 321 Å². The Morgan fingerprint density at radius 1 is 0.615 bits per heavy atom. The third-order valence-corrected chi connectivity index (χ3v) is 12.0. The number of aromatic nitrogens is 2. The largest absolute Gasteiger partial charge is 0.333 e. The number of amides is 2. The van der Waals surface area contributed by atoms with Crippen molar-refractivity contribution in [3.05, 3.63) is 176 Å². The maximum absolute atomic E-state index is 12.3. The molecule has 0 saturated heterocycles. The molecule has 0 unspecified atom stereocenters. The first kappa shape index (κ1) is 35.5. The van der Waals surface area contributed by atoms with Crippen LogP contribution in [0.3, 0.4) is 0 Å². The van der Waals surface area contributed by atoms with E-state index in [1.807, 2.05) is 70.5 Å². The molecule has 2 atom stereocenters. The van der Waals surface area contributed by atoms with Gasteiger partial charge in [0, 0.05) is 59.5 Å². The smallest absolute Gasteiger partial charge is 0.246 e. The maximum atomic E-state index is 12.3. The Balaban J connectivity index is 0.000000162. The van der Waals surface area contributed by atoms with E-state index in [2.05, 4.69) is 47.4 Å². The molecule has 0 radical (unpaired) electrons. The van der Waals surface area contributed by atoms with Gasteiger partial charge in [-0.2, -0.15) is 0 Å². The van der Waals surface area contributed by atoms with Crippen LogP contribution in [0, 0.1) is 0 Å². The lowest BCUT2D eigenvalue weighted by Crippen LogP contribution is -2.37. The van der Waals surface area contributed by atoms with Crippen molar-refractivity contribution in [1.82, 2.24) is 19.8 Å². The van der Waals surface area contributed by atoms with Gasteiger partial charge in [0.1, 0.15) is 0 Å². The van der Waals surface area contributed by atoms with Crippen molar-refractivity contribution in [2.45, 2.75) is 24.9 Å². The van der Waals surface area contributed by atoms with Gasteiger partial charge >= 0.3 is 0 Å². The molecule has 8 rings (SSSR count). The van der Waals surface area contributed by atoms with Crippen LogP contribution in [0.2, 0.25) is 8.67 Å². The van der Waals surface area contributed by atoms with Crippen LogP contribution >= 0.6 is 45.9 Å². The van der Waals surface area contributed by atoms with Crippen molar-refractivity contribution >= 4 is 57.7 Å². The van der Waals surface area contributed by atoms with Crippen LogP contribution < -0.4 is 0 Å². The van der Waals surface area contributed by atoms with Gasteiger partial charge in [0.05, 0.1) is 21.8 Å². The number of carbonyl (C=O) groups excluding carboxylic acids is 2. The fraction of sp³-hybridized carbons (Fsp3) is 0.143. The highest BCUT2D eigenvalue weighted by molar-refractivity contribution is 7.16. The SMILES string of the molecule is C=CC(=O)N1Cc2sc(Cl)cc2[C@@H](c2ccccc2-c2ccncc2)C1.C=CC(=O)N1Cc2sc(Cl)cc2[C@H](c2ccccc2-c2ccncc2)C1. The first-order valence-electron chi connectivity index (χ1n) is 16.7. The van der Waals surface area contributed by atoms with E-state index in [9.17, 15) is 9.59 Å². The molecule has 0 fully saturated rings. The summed E-state index contributed by atoms with van der Waals surface area (Å²) in [6, 6.07) is 28.8. The molecule has 0 spiro atoms. The molecule has 2 aliphatic heterocycles. The molecule has 2 aliphatic rings. The van der Waals surface area contributed by atoms with Gasteiger partial charge in [-0.1, -0.05) is 84.9 Å². The number of hydrogen-bond acceptors (Lipinski definition) is 6. The van der Waals surface area contributed by atoms with E-state index in [1.54, 1.807) is 47.5 Å². The summed E-state index contributed by atoms with van der Waals surface area (Å²) >= 11 is 15.7. The first-order valence-corrected chi connectivity index (χ1v) is 19.1. The fourth-order valence-corrected chi connectivity index (χ4v) is 9.80. The lowest BCUT2D eigenvalue weighted by molar-refractivity contribution is -0.127. The van der Waals surface area contributed by atoms with Crippen molar-refractivity contribution in [2.75, 3.05) is 13.1 Å². The van der Waals surface area contributed by atoms with Crippen LogP contribution in [0.5, 0.6) is 0 Å². The molecule has 6 nitrogen and oxygen atoms in total. The van der Waals surface area contributed by atoms with Crippen LogP contribution in [-0.2, 0) is 22.7 Å². The summed E-state index contributed by atoms with van der Waals surface area (Å²) in [4.78, 5) is 38.8. The van der Waals surface area contributed by atoms with Gasteiger partial charge in [-0.25, -0.2) is 0 Å². The van der Waals surface area contributed by atoms with Gasteiger partial charge in [0.2, 0.25) is 11.8 Å².